The van der Waals surface area contributed by atoms with Crippen molar-refractivity contribution in [3.63, 3.8) is 0 Å². The topological polar surface area (TPSA) is 96.0 Å². The van der Waals surface area contributed by atoms with Crippen LogP contribution in [-0.2, 0) is 26.2 Å². The number of carbonyl (C=O) groups is 2. The molecule has 0 saturated heterocycles. The van der Waals surface area contributed by atoms with Gasteiger partial charge in [0.25, 0.3) is 10.0 Å². The Morgan fingerprint density at radius 3 is 2.17 bits per heavy atom. The number of ether oxygens (including phenoxy) is 1. The molecule has 3 aromatic rings. The summed E-state index contributed by atoms with van der Waals surface area (Å²) < 4.78 is 47.4. The number of amides is 2. The number of nitrogens with zero attached hydrogens (tertiary/aromatic N) is 2. The number of sulfonamides is 1. The quantitative estimate of drug-likeness (QED) is 0.351. The SMILES string of the molecule is COc1ccc(CN(C(=O)CN(c2ccc(C)cc2)S(=O)(=O)c2ccc(F)cc2)[C@H](C)C(=O)NC2CCCC2)cc1. The van der Waals surface area contributed by atoms with Gasteiger partial charge < -0.3 is 15.0 Å². The van der Waals surface area contributed by atoms with Gasteiger partial charge in [-0.3, -0.25) is 13.9 Å². The van der Waals surface area contributed by atoms with E-state index in [0.717, 1.165) is 53.2 Å². The van der Waals surface area contributed by atoms with Gasteiger partial charge in [0.05, 0.1) is 17.7 Å². The Kier molecular flexibility index (Phi) is 9.65. The minimum atomic E-state index is -4.26. The molecule has 2 amide bonds. The third-order valence-corrected chi connectivity index (χ3v) is 9.17. The van der Waals surface area contributed by atoms with Crippen LogP contribution in [0.5, 0.6) is 5.75 Å². The van der Waals surface area contributed by atoms with Crippen molar-refractivity contribution in [2.24, 2.45) is 0 Å². The maximum absolute atomic E-state index is 14.0. The highest BCUT2D eigenvalue weighted by molar-refractivity contribution is 7.92. The van der Waals surface area contributed by atoms with Crippen molar-refractivity contribution in [1.29, 1.82) is 0 Å². The molecule has 1 N–H and O–H groups in total. The monoisotopic (exact) mass is 581 g/mol. The molecular weight excluding hydrogens is 545 g/mol. The number of nitrogens with one attached hydrogen (secondary N) is 1. The van der Waals surface area contributed by atoms with Gasteiger partial charge in [-0.15, -0.1) is 0 Å². The molecule has 0 unspecified atom stereocenters. The summed E-state index contributed by atoms with van der Waals surface area (Å²) >= 11 is 0. The van der Waals surface area contributed by atoms with E-state index in [1.165, 1.54) is 17.0 Å². The molecule has 1 atom stereocenters. The average molecular weight is 582 g/mol. The van der Waals surface area contributed by atoms with Gasteiger partial charge in [0.15, 0.2) is 0 Å². The van der Waals surface area contributed by atoms with Crippen LogP contribution in [0.1, 0.15) is 43.7 Å². The molecule has 0 heterocycles. The van der Waals surface area contributed by atoms with Crippen LogP contribution in [0.3, 0.4) is 0 Å². The number of anilines is 1. The van der Waals surface area contributed by atoms with Crippen LogP contribution in [0, 0.1) is 12.7 Å². The average Bonchev–Trinajstić information content (AvgIpc) is 3.48. The largest absolute Gasteiger partial charge is 0.497 e. The summed E-state index contributed by atoms with van der Waals surface area (Å²) in [5, 5.41) is 3.05. The Balaban J connectivity index is 1.67. The molecule has 0 radical (unpaired) electrons. The summed E-state index contributed by atoms with van der Waals surface area (Å²) in [5.74, 6) is -0.771. The molecule has 1 saturated carbocycles. The zero-order valence-electron chi connectivity index (χ0n) is 23.5. The molecule has 1 fully saturated rings. The van der Waals surface area contributed by atoms with Crippen molar-refractivity contribution in [3.8, 4) is 5.75 Å². The molecule has 3 aromatic carbocycles. The van der Waals surface area contributed by atoms with E-state index in [1.807, 2.05) is 6.92 Å². The van der Waals surface area contributed by atoms with Crippen molar-refractivity contribution in [3.05, 3.63) is 89.7 Å². The highest BCUT2D eigenvalue weighted by Crippen LogP contribution is 2.26. The second kappa shape index (κ2) is 13.2. The van der Waals surface area contributed by atoms with Gasteiger partial charge in [0.2, 0.25) is 11.8 Å². The maximum atomic E-state index is 14.0. The second-order valence-electron chi connectivity index (χ2n) is 10.3. The van der Waals surface area contributed by atoms with E-state index in [9.17, 15) is 22.4 Å². The van der Waals surface area contributed by atoms with Crippen molar-refractivity contribution >= 4 is 27.5 Å². The predicted molar refractivity (Wildman–Crippen MR) is 156 cm³/mol. The summed E-state index contributed by atoms with van der Waals surface area (Å²) in [7, 11) is -2.70. The van der Waals surface area contributed by atoms with Crippen LogP contribution in [-0.4, -0.2) is 50.9 Å². The minimum absolute atomic E-state index is 0.0609. The highest BCUT2D eigenvalue weighted by atomic mass is 32.2. The van der Waals surface area contributed by atoms with E-state index in [1.54, 1.807) is 62.6 Å². The molecule has 8 nitrogen and oxygen atoms in total. The summed E-state index contributed by atoms with van der Waals surface area (Å²) in [6.07, 6.45) is 3.87. The maximum Gasteiger partial charge on any atom is 0.264 e. The van der Waals surface area contributed by atoms with E-state index >= 15 is 0 Å². The van der Waals surface area contributed by atoms with Crippen LogP contribution in [0.2, 0.25) is 0 Å². The third-order valence-electron chi connectivity index (χ3n) is 7.38. The molecule has 41 heavy (non-hydrogen) atoms. The first kappa shape index (κ1) is 30.0. The van der Waals surface area contributed by atoms with Gasteiger partial charge in [-0.05, 0) is 80.8 Å². The van der Waals surface area contributed by atoms with Crippen LogP contribution in [0.4, 0.5) is 10.1 Å². The van der Waals surface area contributed by atoms with Crippen molar-refractivity contribution in [1.82, 2.24) is 10.2 Å². The van der Waals surface area contributed by atoms with Crippen LogP contribution in [0.25, 0.3) is 0 Å². The summed E-state index contributed by atoms with van der Waals surface area (Å²) in [6.45, 7) is 3.05. The first-order valence-electron chi connectivity index (χ1n) is 13.7. The van der Waals surface area contributed by atoms with E-state index in [2.05, 4.69) is 5.32 Å². The van der Waals surface area contributed by atoms with Crippen LogP contribution >= 0.6 is 0 Å². The van der Waals surface area contributed by atoms with Crippen molar-refractivity contribution in [2.45, 2.75) is 63.1 Å². The fraction of sp³-hybridized carbons (Fsp3) is 0.355. The Morgan fingerprint density at radius 2 is 1.59 bits per heavy atom. The van der Waals surface area contributed by atoms with E-state index in [4.69, 9.17) is 4.74 Å². The zero-order valence-corrected chi connectivity index (χ0v) is 24.4. The number of hydrogen-bond acceptors (Lipinski definition) is 5. The second-order valence-corrected chi connectivity index (χ2v) is 12.2. The molecule has 1 aliphatic carbocycles. The van der Waals surface area contributed by atoms with Crippen molar-refractivity contribution < 1.29 is 27.1 Å². The van der Waals surface area contributed by atoms with Crippen LogP contribution in [0.15, 0.2) is 77.7 Å². The molecule has 10 heteroatoms. The molecular formula is C31H36FN3O5S. The normalized spacial score (nSPS) is 14.3. The zero-order chi connectivity index (χ0) is 29.6. The summed E-state index contributed by atoms with van der Waals surface area (Å²) in [5.41, 5.74) is 1.95. The van der Waals surface area contributed by atoms with E-state index in [0.29, 0.717) is 5.75 Å². The van der Waals surface area contributed by atoms with Gasteiger partial charge in [0.1, 0.15) is 24.2 Å². The number of hydrogen-bond donors (Lipinski definition) is 1. The Bertz CT molecular complexity index is 1440. The lowest BCUT2D eigenvalue weighted by atomic mass is 10.1. The lowest BCUT2D eigenvalue weighted by Gasteiger charge is -2.32. The van der Waals surface area contributed by atoms with E-state index in [-0.39, 0.29) is 29.1 Å². The fourth-order valence-electron chi connectivity index (χ4n) is 4.88. The first-order valence-corrected chi connectivity index (χ1v) is 15.1. The predicted octanol–water partition coefficient (Wildman–Crippen LogP) is 4.81. The van der Waals surface area contributed by atoms with Gasteiger partial charge in [-0.1, -0.05) is 42.7 Å². The molecule has 0 aromatic heterocycles. The van der Waals surface area contributed by atoms with Gasteiger partial charge in [-0.25, -0.2) is 12.8 Å². The summed E-state index contributed by atoms with van der Waals surface area (Å²) in [4.78, 5) is 28.5. The Hall–Kier alpha value is -3.92. The van der Waals surface area contributed by atoms with Crippen LogP contribution < -0.4 is 14.4 Å². The van der Waals surface area contributed by atoms with Gasteiger partial charge in [-0.2, -0.15) is 0 Å². The van der Waals surface area contributed by atoms with Crippen molar-refractivity contribution in [2.75, 3.05) is 18.0 Å². The lowest BCUT2D eigenvalue weighted by molar-refractivity contribution is -0.139. The first-order chi connectivity index (χ1) is 19.6. The smallest absolute Gasteiger partial charge is 0.264 e. The standard InChI is InChI=1S/C31H36FN3O5S/c1-22-8-14-27(15-9-22)35(41(38,39)29-18-12-25(32)13-19-29)21-30(36)34(20-24-10-16-28(40-3)17-11-24)23(2)31(37)33-26-6-4-5-7-26/h8-19,23,26H,4-7,20-21H2,1-3H3,(H,33,37)/t23-/m1/s1. The number of halogens is 1. The molecule has 218 valence electrons. The van der Waals surface area contributed by atoms with Gasteiger partial charge in [0, 0.05) is 12.6 Å². The Morgan fingerprint density at radius 1 is 0.976 bits per heavy atom. The molecule has 4 rings (SSSR count). The number of benzene rings is 3. The molecule has 0 aliphatic heterocycles. The molecule has 0 bridgehead atoms. The third kappa shape index (κ3) is 7.43. The minimum Gasteiger partial charge on any atom is -0.497 e. The Labute approximate surface area is 241 Å². The highest BCUT2D eigenvalue weighted by Gasteiger charge is 2.33. The summed E-state index contributed by atoms with van der Waals surface area (Å²) in [6, 6.07) is 17.5. The number of rotatable bonds is 11. The lowest BCUT2D eigenvalue weighted by Crippen LogP contribution is -2.52. The molecule has 1 aliphatic rings. The van der Waals surface area contributed by atoms with E-state index < -0.39 is 34.3 Å². The number of carbonyl (C=O) groups excluding carboxylic acids is 2. The molecule has 0 spiro atoms. The number of aryl methyl sites for hydroxylation is 1. The number of methoxy groups -OCH3 is 1. The van der Waals surface area contributed by atoms with Gasteiger partial charge >= 0.3 is 0 Å². The fourth-order valence-corrected chi connectivity index (χ4v) is 6.29.